The Labute approximate surface area is 122 Å². The summed E-state index contributed by atoms with van der Waals surface area (Å²) in [5.74, 6) is -1.06. The first kappa shape index (κ1) is 13.5. The molecule has 1 aliphatic carbocycles. The van der Waals surface area contributed by atoms with Crippen molar-refractivity contribution in [2.75, 3.05) is 6.54 Å². The van der Waals surface area contributed by atoms with Crippen LogP contribution in [0.5, 0.6) is 0 Å². The van der Waals surface area contributed by atoms with Crippen molar-refractivity contribution < 1.29 is 14.7 Å². The molecule has 0 radical (unpaired) electrons. The summed E-state index contributed by atoms with van der Waals surface area (Å²) in [6, 6.07) is 9.63. The van der Waals surface area contributed by atoms with E-state index >= 15 is 0 Å². The van der Waals surface area contributed by atoms with Crippen LogP contribution in [0.25, 0.3) is 10.8 Å². The van der Waals surface area contributed by atoms with Gasteiger partial charge in [0.1, 0.15) is 5.69 Å². The van der Waals surface area contributed by atoms with Crippen LogP contribution in [0.3, 0.4) is 0 Å². The van der Waals surface area contributed by atoms with Crippen LogP contribution in [0, 0.1) is 0 Å². The van der Waals surface area contributed by atoms with Gasteiger partial charge in [0.15, 0.2) is 0 Å². The fraction of sp³-hybridized carbons (Fsp3) is 0.312. The van der Waals surface area contributed by atoms with E-state index in [1.807, 2.05) is 30.3 Å². The molecule has 0 spiro atoms. The van der Waals surface area contributed by atoms with Crippen LogP contribution in [-0.2, 0) is 4.79 Å². The molecule has 5 nitrogen and oxygen atoms in total. The predicted molar refractivity (Wildman–Crippen MR) is 78.1 cm³/mol. The molecule has 1 fully saturated rings. The number of carboxylic acid groups (broad SMARTS) is 1. The lowest BCUT2D eigenvalue weighted by atomic mass is 10.1. The Balaban J connectivity index is 1.92. The number of rotatable bonds is 5. The first-order chi connectivity index (χ1) is 10.2. The van der Waals surface area contributed by atoms with Crippen LogP contribution in [0.4, 0.5) is 0 Å². The van der Waals surface area contributed by atoms with Gasteiger partial charge in [-0.15, -0.1) is 0 Å². The standard InChI is InChI=1S/C16H16N2O3/c19-14(20)8-10-18(12-5-6-12)16(21)15-13-4-2-1-3-11(13)7-9-17-15/h1-4,7,9,12H,5-6,8,10H2,(H,19,20). The van der Waals surface area contributed by atoms with Crippen LogP contribution in [0.1, 0.15) is 29.8 Å². The number of hydrogen-bond donors (Lipinski definition) is 1. The third kappa shape index (κ3) is 2.86. The van der Waals surface area contributed by atoms with Crippen molar-refractivity contribution in [2.45, 2.75) is 25.3 Å². The highest BCUT2D eigenvalue weighted by Crippen LogP contribution is 2.29. The number of nitrogens with zero attached hydrogens (tertiary/aromatic N) is 2. The molecule has 0 bridgehead atoms. The van der Waals surface area contributed by atoms with Crippen molar-refractivity contribution >= 4 is 22.6 Å². The van der Waals surface area contributed by atoms with Gasteiger partial charge >= 0.3 is 5.97 Å². The van der Waals surface area contributed by atoms with E-state index in [0.29, 0.717) is 5.69 Å². The molecule has 0 unspecified atom stereocenters. The summed E-state index contributed by atoms with van der Waals surface area (Å²) in [5, 5.41) is 10.6. The van der Waals surface area contributed by atoms with Crippen molar-refractivity contribution in [2.24, 2.45) is 0 Å². The van der Waals surface area contributed by atoms with Crippen LogP contribution < -0.4 is 0 Å². The molecule has 1 aromatic heterocycles. The fourth-order valence-electron chi connectivity index (χ4n) is 2.48. The van der Waals surface area contributed by atoms with Gasteiger partial charge < -0.3 is 10.0 Å². The second kappa shape index (κ2) is 5.52. The molecule has 3 rings (SSSR count). The zero-order valence-electron chi connectivity index (χ0n) is 11.5. The predicted octanol–water partition coefficient (Wildman–Crippen LogP) is 2.31. The van der Waals surface area contributed by atoms with Gasteiger partial charge in [-0.25, -0.2) is 0 Å². The zero-order chi connectivity index (χ0) is 14.8. The van der Waals surface area contributed by atoms with Gasteiger partial charge in [-0.3, -0.25) is 14.6 Å². The molecule has 108 valence electrons. The molecule has 21 heavy (non-hydrogen) atoms. The smallest absolute Gasteiger partial charge is 0.305 e. The molecule has 1 aromatic carbocycles. The Bertz CT molecular complexity index is 689. The number of carbonyl (C=O) groups excluding carboxylic acids is 1. The maximum absolute atomic E-state index is 12.7. The first-order valence-corrected chi connectivity index (χ1v) is 7.03. The lowest BCUT2D eigenvalue weighted by molar-refractivity contribution is -0.137. The van der Waals surface area contributed by atoms with Crippen LogP contribution in [0.2, 0.25) is 0 Å². The van der Waals surface area contributed by atoms with Gasteiger partial charge in [0.2, 0.25) is 0 Å². The molecule has 0 saturated heterocycles. The molecule has 1 heterocycles. The summed E-state index contributed by atoms with van der Waals surface area (Å²) < 4.78 is 0. The Hall–Kier alpha value is -2.43. The molecular formula is C16H16N2O3. The number of amides is 1. The van der Waals surface area contributed by atoms with E-state index in [-0.39, 0.29) is 24.9 Å². The van der Waals surface area contributed by atoms with Gasteiger partial charge in [-0.2, -0.15) is 0 Å². The largest absolute Gasteiger partial charge is 0.481 e. The molecule has 1 aliphatic rings. The van der Waals surface area contributed by atoms with E-state index in [9.17, 15) is 9.59 Å². The van der Waals surface area contributed by atoms with E-state index in [0.717, 1.165) is 23.6 Å². The van der Waals surface area contributed by atoms with Gasteiger partial charge in [0, 0.05) is 24.2 Å². The molecule has 1 N–H and O–H groups in total. The fourth-order valence-corrected chi connectivity index (χ4v) is 2.48. The summed E-state index contributed by atoms with van der Waals surface area (Å²) >= 11 is 0. The van der Waals surface area contributed by atoms with E-state index < -0.39 is 5.97 Å². The Morgan fingerprint density at radius 1 is 1.24 bits per heavy atom. The first-order valence-electron chi connectivity index (χ1n) is 7.03. The van der Waals surface area contributed by atoms with Crippen molar-refractivity contribution in [3.63, 3.8) is 0 Å². The summed E-state index contributed by atoms with van der Waals surface area (Å²) in [7, 11) is 0. The minimum atomic E-state index is -0.890. The Kier molecular flexibility index (Phi) is 3.56. The summed E-state index contributed by atoms with van der Waals surface area (Å²) in [6.45, 7) is 0.240. The normalized spacial score (nSPS) is 14.1. The number of carbonyl (C=O) groups is 2. The SMILES string of the molecule is O=C(O)CCN(C(=O)c1nccc2ccccc12)C1CC1. The number of carboxylic acids is 1. The third-order valence-corrected chi connectivity index (χ3v) is 3.69. The Morgan fingerprint density at radius 3 is 2.71 bits per heavy atom. The average Bonchev–Trinajstić information content (AvgIpc) is 3.31. The van der Waals surface area contributed by atoms with Crippen molar-refractivity contribution in [3.05, 3.63) is 42.2 Å². The van der Waals surface area contributed by atoms with E-state index in [4.69, 9.17) is 5.11 Å². The lowest BCUT2D eigenvalue weighted by Gasteiger charge is -2.21. The van der Waals surface area contributed by atoms with Gasteiger partial charge in [-0.05, 0) is 24.3 Å². The maximum Gasteiger partial charge on any atom is 0.305 e. The number of hydrogen-bond acceptors (Lipinski definition) is 3. The maximum atomic E-state index is 12.7. The van der Waals surface area contributed by atoms with Gasteiger partial charge in [0.25, 0.3) is 5.91 Å². The average molecular weight is 284 g/mol. The van der Waals surface area contributed by atoms with Gasteiger partial charge in [-0.1, -0.05) is 24.3 Å². The van der Waals surface area contributed by atoms with Crippen LogP contribution in [-0.4, -0.2) is 39.5 Å². The minimum Gasteiger partial charge on any atom is -0.481 e. The van der Waals surface area contributed by atoms with Crippen molar-refractivity contribution in [1.82, 2.24) is 9.88 Å². The summed E-state index contributed by atoms with van der Waals surface area (Å²) in [4.78, 5) is 29.4. The zero-order valence-corrected chi connectivity index (χ0v) is 11.5. The van der Waals surface area contributed by atoms with Crippen LogP contribution in [0.15, 0.2) is 36.5 Å². The minimum absolute atomic E-state index is 0.0347. The van der Waals surface area contributed by atoms with E-state index in [1.165, 1.54) is 0 Å². The number of aliphatic carboxylic acids is 1. The van der Waals surface area contributed by atoms with E-state index in [2.05, 4.69) is 4.98 Å². The van der Waals surface area contributed by atoms with Crippen molar-refractivity contribution in [1.29, 1.82) is 0 Å². The number of benzene rings is 1. The monoisotopic (exact) mass is 284 g/mol. The highest BCUT2D eigenvalue weighted by atomic mass is 16.4. The molecule has 2 aromatic rings. The quantitative estimate of drug-likeness (QED) is 0.914. The topological polar surface area (TPSA) is 70.5 Å². The second-order valence-electron chi connectivity index (χ2n) is 5.25. The highest BCUT2D eigenvalue weighted by Gasteiger charge is 2.34. The van der Waals surface area contributed by atoms with Gasteiger partial charge in [0.05, 0.1) is 6.42 Å². The summed E-state index contributed by atoms with van der Waals surface area (Å²) in [5.41, 5.74) is 0.408. The molecule has 0 atom stereocenters. The highest BCUT2D eigenvalue weighted by molar-refractivity contribution is 6.05. The Morgan fingerprint density at radius 2 is 2.00 bits per heavy atom. The number of aromatic nitrogens is 1. The summed E-state index contributed by atoms with van der Waals surface area (Å²) in [6.07, 6.45) is 3.47. The number of pyridine rings is 1. The molecule has 0 aliphatic heterocycles. The second-order valence-corrected chi connectivity index (χ2v) is 5.25. The lowest BCUT2D eigenvalue weighted by Crippen LogP contribution is -2.35. The molecular weight excluding hydrogens is 268 g/mol. The molecule has 1 saturated carbocycles. The third-order valence-electron chi connectivity index (χ3n) is 3.69. The van der Waals surface area contributed by atoms with Crippen molar-refractivity contribution in [3.8, 4) is 0 Å². The number of fused-ring (bicyclic) bond motifs is 1. The van der Waals surface area contributed by atoms with Crippen LogP contribution >= 0.6 is 0 Å². The van der Waals surface area contributed by atoms with E-state index in [1.54, 1.807) is 11.1 Å². The molecule has 5 heteroatoms. The molecule has 1 amide bonds.